The maximum absolute atomic E-state index is 15.1. The van der Waals surface area contributed by atoms with Crippen molar-refractivity contribution in [1.82, 2.24) is 20.1 Å². The lowest BCUT2D eigenvalue weighted by molar-refractivity contribution is -0.153. The Morgan fingerprint density at radius 2 is 2.05 bits per heavy atom. The van der Waals surface area contributed by atoms with Crippen molar-refractivity contribution in [2.24, 2.45) is 5.41 Å². The number of piperidine rings is 1. The predicted molar refractivity (Wildman–Crippen MR) is 130 cm³/mol. The first-order chi connectivity index (χ1) is 17.5. The summed E-state index contributed by atoms with van der Waals surface area (Å²) in [5.41, 5.74) is -1.60. The zero-order valence-corrected chi connectivity index (χ0v) is 20.9. The molecule has 0 saturated carbocycles. The first kappa shape index (κ1) is 26.9. The molecule has 1 aliphatic heterocycles. The maximum atomic E-state index is 15.1. The SMILES string of the molecule is Cc1cc(Nc2cc(C(F)F)c(F)c(C[C@@]3(C(=O)O)CCN(Cc4cccc(Cl)c4F)[C@H](C)C3)n2)n[nH]1. The molecule has 3 aromatic rings. The van der Waals surface area contributed by atoms with E-state index in [0.29, 0.717) is 17.1 Å². The quantitative estimate of drug-likeness (QED) is 0.303. The number of carbonyl (C=O) groups is 1. The van der Waals surface area contributed by atoms with Crippen LogP contribution in [0, 0.1) is 24.0 Å². The van der Waals surface area contributed by atoms with Crippen molar-refractivity contribution in [3.8, 4) is 0 Å². The van der Waals surface area contributed by atoms with Gasteiger partial charge >= 0.3 is 5.97 Å². The number of aryl methyl sites for hydroxylation is 1. The van der Waals surface area contributed by atoms with Crippen molar-refractivity contribution >= 4 is 29.2 Å². The number of aliphatic carboxylic acids is 1. The van der Waals surface area contributed by atoms with E-state index in [4.69, 9.17) is 11.6 Å². The molecule has 0 spiro atoms. The number of carboxylic acid groups (broad SMARTS) is 1. The number of hydrogen-bond donors (Lipinski definition) is 3. The van der Waals surface area contributed by atoms with Gasteiger partial charge in [-0.15, -0.1) is 0 Å². The standard InChI is InChI=1S/C25H26ClF4N5O2/c1-13-8-20(34-33-13)32-19-9-16(23(29)30)22(28)18(31-19)11-25(24(36)37)6-7-35(14(2)10-25)12-15-4-3-5-17(26)21(15)27/h3-5,8-9,14,23H,6-7,10-12H2,1-2H3,(H,36,37)(H2,31,32,33,34)/t14-,25-/m1/s1. The monoisotopic (exact) mass is 539 g/mol. The van der Waals surface area contributed by atoms with Crippen molar-refractivity contribution in [2.45, 2.75) is 52.1 Å². The summed E-state index contributed by atoms with van der Waals surface area (Å²) >= 11 is 5.88. The Bertz CT molecular complexity index is 1300. The van der Waals surface area contributed by atoms with Crippen LogP contribution in [0.2, 0.25) is 5.02 Å². The first-order valence-corrected chi connectivity index (χ1v) is 12.0. The maximum Gasteiger partial charge on any atom is 0.310 e. The number of carboxylic acids is 1. The molecule has 0 amide bonds. The molecule has 0 aliphatic carbocycles. The van der Waals surface area contributed by atoms with Gasteiger partial charge in [0.25, 0.3) is 6.43 Å². The van der Waals surface area contributed by atoms with Gasteiger partial charge in [-0.25, -0.2) is 22.5 Å². The molecule has 37 heavy (non-hydrogen) atoms. The van der Waals surface area contributed by atoms with Crippen LogP contribution in [0.5, 0.6) is 0 Å². The number of aromatic amines is 1. The van der Waals surface area contributed by atoms with E-state index >= 15 is 4.39 Å². The van der Waals surface area contributed by atoms with Crippen LogP contribution in [-0.4, -0.2) is 43.7 Å². The van der Waals surface area contributed by atoms with E-state index in [0.717, 1.165) is 6.07 Å². The number of alkyl halides is 2. The van der Waals surface area contributed by atoms with E-state index in [2.05, 4.69) is 20.5 Å². The van der Waals surface area contributed by atoms with Crippen LogP contribution in [0.3, 0.4) is 0 Å². The van der Waals surface area contributed by atoms with Crippen LogP contribution in [0.4, 0.5) is 29.2 Å². The van der Waals surface area contributed by atoms with Crippen molar-refractivity contribution in [3.05, 3.63) is 69.5 Å². The third kappa shape index (κ3) is 5.72. The lowest BCUT2D eigenvalue weighted by Crippen LogP contribution is -2.50. The van der Waals surface area contributed by atoms with Gasteiger partial charge in [0, 0.05) is 36.3 Å². The predicted octanol–water partition coefficient (Wildman–Crippen LogP) is 6.02. The van der Waals surface area contributed by atoms with Crippen LogP contribution in [0.15, 0.2) is 30.3 Å². The molecule has 12 heteroatoms. The number of pyridine rings is 1. The summed E-state index contributed by atoms with van der Waals surface area (Å²) in [6, 6.07) is 6.88. The van der Waals surface area contributed by atoms with Crippen LogP contribution < -0.4 is 5.32 Å². The number of rotatable bonds is 8. The number of likely N-dealkylation sites (tertiary alicyclic amines) is 1. The normalized spacial score (nSPS) is 20.4. The molecule has 198 valence electrons. The molecule has 1 fully saturated rings. The highest BCUT2D eigenvalue weighted by Crippen LogP contribution is 2.40. The highest BCUT2D eigenvalue weighted by Gasteiger charge is 2.45. The fraction of sp³-hybridized carbons (Fsp3) is 0.400. The summed E-state index contributed by atoms with van der Waals surface area (Å²) in [5.74, 6) is -2.70. The summed E-state index contributed by atoms with van der Waals surface area (Å²) in [5, 5.41) is 19.6. The molecule has 3 N–H and O–H groups in total. The van der Waals surface area contributed by atoms with Crippen LogP contribution in [-0.2, 0) is 17.8 Å². The molecular weight excluding hydrogens is 514 g/mol. The van der Waals surface area contributed by atoms with Gasteiger partial charge in [0.05, 0.1) is 21.7 Å². The lowest BCUT2D eigenvalue weighted by atomic mass is 9.72. The number of nitrogens with zero attached hydrogens (tertiary/aromatic N) is 3. The van der Waals surface area contributed by atoms with Gasteiger partial charge in [-0.2, -0.15) is 5.10 Å². The molecule has 7 nitrogen and oxygen atoms in total. The summed E-state index contributed by atoms with van der Waals surface area (Å²) in [7, 11) is 0. The van der Waals surface area contributed by atoms with Gasteiger partial charge in [-0.05, 0) is 45.4 Å². The second-order valence-corrected chi connectivity index (χ2v) is 9.88. The zero-order valence-electron chi connectivity index (χ0n) is 20.2. The number of halogens is 5. The third-order valence-corrected chi connectivity index (χ3v) is 7.10. The van der Waals surface area contributed by atoms with Crippen LogP contribution >= 0.6 is 11.6 Å². The second-order valence-electron chi connectivity index (χ2n) is 9.47. The van der Waals surface area contributed by atoms with Crippen molar-refractivity contribution in [3.63, 3.8) is 0 Å². The smallest absolute Gasteiger partial charge is 0.310 e. The Balaban J connectivity index is 1.60. The number of benzene rings is 1. The minimum atomic E-state index is -3.13. The summed E-state index contributed by atoms with van der Waals surface area (Å²) in [4.78, 5) is 18.6. The van der Waals surface area contributed by atoms with Gasteiger partial charge in [-0.1, -0.05) is 23.7 Å². The van der Waals surface area contributed by atoms with E-state index < -0.39 is 35.0 Å². The van der Waals surface area contributed by atoms with Crippen LogP contribution in [0.25, 0.3) is 0 Å². The van der Waals surface area contributed by atoms with Crippen molar-refractivity contribution in [2.75, 3.05) is 11.9 Å². The van der Waals surface area contributed by atoms with E-state index in [9.17, 15) is 23.1 Å². The number of nitrogens with one attached hydrogen (secondary N) is 2. The van der Waals surface area contributed by atoms with E-state index in [1.165, 1.54) is 6.07 Å². The Morgan fingerprint density at radius 3 is 2.68 bits per heavy atom. The van der Waals surface area contributed by atoms with Crippen molar-refractivity contribution in [1.29, 1.82) is 0 Å². The fourth-order valence-electron chi connectivity index (χ4n) is 4.81. The molecule has 0 unspecified atom stereocenters. The summed E-state index contributed by atoms with van der Waals surface area (Å²) < 4.78 is 56.9. The lowest BCUT2D eigenvalue weighted by Gasteiger charge is -2.43. The number of H-pyrrole nitrogens is 1. The molecule has 1 aromatic carbocycles. The Kier molecular flexibility index (Phi) is 7.75. The highest BCUT2D eigenvalue weighted by atomic mass is 35.5. The van der Waals surface area contributed by atoms with Gasteiger partial charge < -0.3 is 10.4 Å². The average molecular weight is 540 g/mol. The van der Waals surface area contributed by atoms with Gasteiger partial charge in [-0.3, -0.25) is 14.8 Å². The Labute approximate surface area is 215 Å². The molecule has 0 bridgehead atoms. The molecule has 0 radical (unpaired) electrons. The zero-order chi connectivity index (χ0) is 26.9. The van der Waals surface area contributed by atoms with Gasteiger partial charge in [0.1, 0.15) is 11.6 Å². The average Bonchev–Trinajstić information content (AvgIpc) is 3.24. The topological polar surface area (TPSA) is 94.1 Å². The molecule has 1 aliphatic rings. The number of hydrogen-bond acceptors (Lipinski definition) is 5. The number of anilines is 2. The van der Waals surface area contributed by atoms with E-state index in [-0.39, 0.29) is 54.9 Å². The fourth-order valence-corrected chi connectivity index (χ4v) is 5.00. The minimum Gasteiger partial charge on any atom is -0.481 e. The van der Waals surface area contributed by atoms with E-state index in [1.807, 2.05) is 4.90 Å². The summed E-state index contributed by atoms with van der Waals surface area (Å²) in [6.45, 7) is 4.03. The molecule has 1 saturated heterocycles. The molecular formula is C25H26ClF4N5O2. The number of aromatic nitrogens is 3. The second kappa shape index (κ2) is 10.7. The van der Waals surface area contributed by atoms with Gasteiger partial charge in [0.2, 0.25) is 0 Å². The Morgan fingerprint density at radius 1 is 1.30 bits per heavy atom. The highest BCUT2D eigenvalue weighted by molar-refractivity contribution is 6.30. The largest absolute Gasteiger partial charge is 0.481 e. The van der Waals surface area contributed by atoms with E-state index in [1.54, 1.807) is 32.0 Å². The summed E-state index contributed by atoms with van der Waals surface area (Å²) in [6.07, 6.45) is -3.33. The first-order valence-electron chi connectivity index (χ1n) is 11.7. The van der Waals surface area contributed by atoms with Crippen molar-refractivity contribution < 1.29 is 27.5 Å². The van der Waals surface area contributed by atoms with Gasteiger partial charge in [0.15, 0.2) is 11.6 Å². The minimum absolute atomic E-state index is 0.00285. The van der Waals surface area contributed by atoms with Crippen LogP contribution in [0.1, 0.15) is 48.7 Å². The molecule has 3 heterocycles. The molecule has 2 atom stereocenters. The Hall–Kier alpha value is -3.18. The molecule has 2 aromatic heterocycles. The third-order valence-electron chi connectivity index (χ3n) is 6.80. The molecule has 4 rings (SSSR count).